The second-order valence-electron chi connectivity index (χ2n) is 5.24. The van der Waals surface area contributed by atoms with Crippen LogP contribution in [0.3, 0.4) is 0 Å². The summed E-state index contributed by atoms with van der Waals surface area (Å²) in [5, 5.41) is 0. The highest BCUT2D eigenvalue weighted by molar-refractivity contribution is 5.72. The molecule has 0 N–H and O–H groups in total. The van der Waals surface area contributed by atoms with Gasteiger partial charge < -0.3 is 9.47 Å². The van der Waals surface area contributed by atoms with Crippen molar-refractivity contribution in [2.45, 2.75) is 46.0 Å². The molecule has 0 amide bonds. The van der Waals surface area contributed by atoms with Crippen LogP contribution in [0.4, 0.5) is 8.78 Å². The first kappa shape index (κ1) is 18.5. The van der Waals surface area contributed by atoms with Crippen LogP contribution in [0, 0.1) is 6.92 Å². The van der Waals surface area contributed by atoms with Crippen LogP contribution in [0.1, 0.15) is 49.4 Å². The third kappa shape index (κ3) is 5.02. The van der Waals surface area contributed by atoms with Gasteiger partial charge in [0.25, 0.3) is 5.92 Å². The summed E-state index contributed by atoms with van der Waals surface area (Å²) < 4.78 is 27.8. The summed E-state index contributed by atoms with van der Waals surface area (Å²) in [4.78, 5) is 17.0. The van der Waals surface area contributed by atoms with Gasteiger partial charge in [-0.3, -0.25) is 4.79 Å². The molecular formula is C16H25F2N3O. The minimum atomic E-state index is -2.51. The largest absolute Gasteiger partial charge is 0.303 e. The summed E-state index contributed by atoms with van der Waals surface area (Å²) in [5.41, 5.74) is 1.51. The second-order valence-corrected chi connectivity index (χ2v) is 5.24. The first-order valence-corrected chi connectivity index (χ1v) is 7.71. The third-order valence-corrected chi connectivity index (χ3v) is 3.60. The maximum Gasteiger partial charge on any atom is 0.250 e. The van der Waals surface area contributed by atoms with Gasteiger partial charge in [0.2, 0.25) is 0 Å². The summed E-state index contributed by atoms with van der Waals surface area (Å²) in [6, 6.07) is 0. The quantitative estimate of drug-likeness (QED) is 0.779. The van der Waals surface area contributed by atoms with Crippen LogP contribution in [-0.4, -0.2) is 46.3 Å². The van der Waals surface area contributed by atoms with Gasteiger partial charge in [0, 0.05) is 50.8 Å². The van der Waals surface area contributed by atoms with E-state index in [1.807, 2.05) is 25.7 Å². The smallest absolute Gasteiger partial charge is 0.250 e. The van der Waals surface area contributed by atoms with Crippen molar-refractivity contribution in [3.8, 4) is 0 Å². The zero-order valence-electron chi connectivity index (χ0n) is 13.6. The number of carbonyl (C=O) groups is 1. The first-order chi connectivity index (χ1) is 10.4. The molecule has 1 aromatic heterocycles. The van der Waals surface area contributed by atoms with Crippen LogP contribution in [0.2, 0.25) is 0 Å². The number of halogens is 2. The Morgan fingerprint density at radius 2 is 2.00 bits per heavy atom. The van der Waals surface area contributed by atoms with E-state index in [4.69, 9.17) is 0 Å². The van der Waals surface area contributed by atoms with Crippen molar-refractivity contribution in [2.24, 2.45) is 0 Å². The molecule has 0 saturated carbocycles. The van der Waals surface area contributed by atoms with Gasteiger partial charge in [0.05, 0.1) is 5.69 Å². The van der Waals surface area contributed by atoms with Crippen molar-refractivity contribution >= 4 is 12.0 Å². The summed E-state index contributed by atoms with van der Waals surface area (Å²) in [5.74, 6) is -2.18. The highest BCUT2D eigenvalue weighted by Gasteiger charge is 2.33. The van der Waals surface area contributed by atoms with E-state index in [0.717, 1.165) is 11.4 Å². The van der Waals surface area contributed by atoms with Gasteiger partial charge in [-0.05, 0) is 6.92 Å². The fraction of sp³-hybridized carbons (Fsp3) is 0.625. The third-order valence-electron chi connectivity index (χ3n) is 3.60. The van der Waals surface area contributed by atoms with Crippen LogP contribution in [0.15, 0.2) is 12.8 Å². The molecule has 4 nitrogen and oxygen atoms in total. The van der Waals surface area contributed by atoms with Gasteiger partial charge in [-0.2, -0.15) is 0 Å². The predicted octanol–water partition coefficient (Wildman–Crippen LogP) is 3.62. The molecule has 0 atom stereocenters. The van der Waals surface area contributed by atoms with Crippen molar-refractivity contribution in [1.82, 2.24) is 14.5 Å². The highest BCUT2D eigenvalue weighted by atomic mass is 19.3. The lowest BCUT2D eigenvalue weighted by molar-refractivity contribution is -0.0546. The molecule has 6 heteroatoms. The maximum absolute atomic E-state index is 13.0. The normalized spacial score (nSPS) is 17.5. The fourth-order valence-electron chi connectivity index (χ4n) is 2.36. The number of carbonyl (C=O) groups excluding carboxylic acids is 1. The topological polar surface area (TPSA) is 38.1 Å². The van der Waals surface area contributed by atoms with Crippen molar-refractivity contribution in [3.63, 3.8) is 0 Å². The lowest BCUT2D eigenvalue weighted by atomic mass is 10.1. The van der Waals surface area contributed by atoms with E-state index in [9.17, 15) is 13.6 Å². The zero-order valence-corrected chi connectivity index (χ0v) is 13.6. The number of imidazole rings is 1. The molecule has 124 valence electrons. The van der Waals surface area contributed by atoms with Gasteiger partial charge in [-0.15, -0.1) is 0 Å². The van der Waals surface area contributed by atoms with Gasteiger partial charge in [0.15, 0.2) is 12.1 Å². The molecule has 0 aliphatic carbocycles. The summed E-state index contributed by atoms with van der Waals surface area (Å²) >= 11 is 0. The number of nitrogens with zero attached hydrogens (tertiary/aromatic N) is 3. The number of rotatable bonds is 5. The van der Waals surface area contributed by atoms with Crippen LogP contribution in [0.5, 0.6) is 0 Å². The highest BCUT2D eigenvalue weighted by Crippen LogP contribution is 2.28. The van der Waals surface area contributed by atoms with Crippen molar-refractivity contribution in [2.75, 3.05) is 19.6 Å². The molecular weight excluding hydrogens is 288 g/mol. The number of aryl methyl sites for hydroxylation is 1. The van der Waals surface area contributed by atoms with E-state index in [1.165, 1.54) is 0 Å². The number of likely N-dealkylation sites (tertiary alicyclic amines) is 1. The lowest BCUT2D eigenvalue weighted by Crippen LogP contribution is -2.39. The van der Waals surface area contributed by atoms with Gasteiger partial charge in [-0.25, -0.2) is 13.8 Å². The lowest BCUT2D eigenvalue weighted by Gasteiger charge is -2.31. The average Bonchev–Trinajstić information content (AvgIpc) is 2.89. The molecule has 0 radical (unpaired) electrons. The minimum Gasteiger partial charge on any atom is -0.303 e. The maximum atomic E-state index is 13.0. The molecule has 0 aromatic carbocycles. The van der Waals surface area contributed by atoms with E-state index in [1.54, 1.807) is 10.8 Å². The molecule has 1 aromatic rings. The molecule has 0 unspecified atom stereocenters. The molecule has 2 heterocycles. The van der Waals surface area contributed by atoms with Crippen molar-refractivity contribution in [3.05, 3.63) is 24.3 Å². The van der Waals surface area contributed by atoms with Gasteiger partial charge in [-0.1, -0.05) is 20.4 Å². The molecule has 22 heavy (non-hydrogen) atoms. The van der Waals surface area contributed by atoms with Gasteiger partial charge >= 0.3 is 0 Å². The molecule has 0 spiro atoms. The Balaban J connectivity index is 0.00000116. The number of aromatic nitrogens is 2. The summed E-state index contributed by atoms with van der Waals surface area (Å²) in [7, 11) is 0. The fourth-order valence-corrected chi connectivity index (χ4v) is 2.36. The SMILES string of the molecule is C=C(CCN1CCC(F)(F)CC1)n1cc(C)nc1C=O.CC. The number of hydrogen-bond acceptors (Lipinski definition) is 3. The van der Waals surface area contributed by atoms with E-state index in [0.29, 0.717) is 38.2 Å². The number of aldehydes is 1. The molecule has 1 aliphatic rings. The van der Waals surface area contributed by atoms with Crippen molar-refractivity contribution in [1.29, 1.82) is 0 Å². The Bertz CT molecular complexity index is 501. The van der Waals surface area contributed by atoms with Crippen LogP contribution in [0.25, 0.3) is 5.70 Å². The molecule has 1 saturated heterocycles. The van der Waals surface area contributed by atoms with E-state index >= 15 is 0 Å². The minimum absolute atomic E-state index is 0.0801. The number of hydrogen-bond donors (Lipinski definition) is 0. The van der Waals surface area contributed by atoms with Crippen LogP contribution >= 0.6 is 0 Å². The van der Waals surface area contributed by atoms with Crippen LogP contribution in [-0.2, 0) is 0 Å². The average molecular weight is 313 g/mol. The Hall–Kier alpha value is -1.56. The molecule has 0 bridgehead atoms. The standard InChI is InChI=1S/C14H19F2N3O.C2H6/c1-11-9-19(13(10-20)17-11)12(2)3-6-18-7-4-14(15,16)5-8-18;1-2/h9-10H,2-8H2,1H3;1-2H3. The molecule has 1 fully saturated rings. The van der Waals surface area contributed by atoms with E-state index in [2.05, 4.69) is 11.6 Å². The predicted molar refractivity (Wildman–Crippen MR) is 84.3 cm³/mol. The monoisotopic (exact) mass is 313 g/mol. The van der Waals surface area contributed by atoms with Crippen LogP contribution < -0.4 is 0 Å². The Labute approximate surface area is 130 Å². The summed E-state index contributed by atoms with van der Waals surface area (Å²) in [6.45, 7) is 11.2. The second kappa shape index (κ2) is 8.17. The Kier molecular flexibility index (Phi) is 6.87. The zero-order chi connectivity index (χ0) is 16.8. The van der Waals surface area contributed by atoms with Crippen molar-refractivity contribution < 1.29 is 13.6 Å². The van der Waals surface area contributed by atoms with E-state index < -0.39 is 5.92 Å². The molecule has 1 aliphatic heterocycles. The van der Waals surface area contributed by atoms with E-state index in [-0.39, 0.29) is 12.8 Å². The Morgan fingerprint density at radius 1 is 1.41 bits per heavy atom. The summed E-state index contributed by atoms with van der Waals surface area (Å²) in [6.07, 6.45) is 2.92. The first-order valence-electron chi connectivity index (χ1n) is 7.71. The van der Waals surface area contributed by atoms with Gasteiger partial charge in [0.1, 0.15) is 0 Å². The number of alkyl halides is 2. The number of piperidine rings is 1. The molecule has 2 rings (SSSR count). The Morgan fingerprint density at radius 3 is 2.55 bits per heavy atom.